The van der Waals surface area contributed by atoms with Crippen LogP contribution in [0.5, 0.6) is 11.8 Å². The van der Waals surface area contributed by atoms with Gasteiger partial charge in [-0.15, -0.1) is 0 Å². The minimum Gasteiger partial charge on any atom is -0.494 e. The summed E-state index contributed by atoms with van der Waals surface area (Å²) in [5, 5.41) is 19.7. The van der Waals surface area contributed by atoms with Crippen LogP contribution in [-0.2, 0) is 6.54 Å². The van der Waals surface area contributed by atoms with Crippen LogP contribution in [0.4, 0.5) is 5.82 Å². The number of fused-ring (bicyclic) bond motifs is 1. The summed E-state index contributed by atoms with van der Waals surface area (Å²) in [7, 11) is 0. The first-order chi connectivity index (χ1) is 11.7. The van der Waals surface area contributed by atoms with Crippen molar-refractivity contribution in [3.05, 3.63) is 36.5 Å². The summed E-state index contributed by atoms with van der Waals surface area (Å²) in [5.74, 6) is 1.83. The number of pyridine rings is 1. The highest BCUT2D eigenvalue weighted by Gasteiger charge is 2.33. The number of hydrogen-bond donors (Lipinski definition) is 2. The van der Waals surface area contributed by atoms with Gasteiger partial charge in [-0.25, -0.2) is 4.98 Å². The fourth-order valence-electron chi connectivity index (χ4n) is 4.05. The number of aromatic hydroxyl groups is 2. The van der Waals surface area contributed by atoms with Gasteiger partial charge < -0.3 is 15.1 Å². The van der Waals surface area contributed by atoms with E-state index in [1.807, 2.05) is 18.3 Å². The normalized spacial score (nSPS) is 24.8. The maximum absolute atomic E-state index is 9.83. The standard InChI is InChI=1S/C18H24N4O2/c23-17-6-7-18(24)22(17)12-14-4-5-15-13-21(10-9-20(15)11-14)16-3-1-2-8-19-16/h1-3,6-8,14-15,23-24H,4-5,9-13H2/t14-,15-/m0/s1. The zero-order chi connectivity index (χ0) is 16.5. The summed E-state index contributed by atoms with van der Waals surface area (Å²) in [6.45, 7) is 4.78. The van der Waals surface area contributed by atoms with Gasteiger partial charge in [0, 0.05) is 57.1 Å². The van der Waals surface area contributed by atoms with Gasteiger partial charge in [0.25, 0.3) is 0 Å². The minimum absolute atomic E-state index is 0.148. The van der Waals surface area contributed by atoms with E-state index < -0.39 is 0 Å². The average molecular weight is 328 g/mol. The van der Waals surface area contributed by atoms with Crippen LogP contribution >= 0.6 is 0 Å². The van der Waals surface area contributed by atoms with Gasteiger partial charge in [-0.2, -0.15) is 0 Å². The van der Waals surface area contributed by atoms with E-state index in [0.717, 1.165) is 44.8 Å². The van der Waals surface area contributed by atoms with E-state index in [2.05, 4.69) is 20.9 Å². The molecular formula is C18H24N4O2. The van der Waals surface area contributed by atoms with E-state index in [9.17, 15) is 10.2 Å². The third-order valence-electron chi connectivity index (χ3n) is 5.35. The van der Waals surface area contributed by atoms with Crippen LogP contribution in [0.25, 0.3) is 0 Å². The largest absolute Gasteiger partial charge is 0.494 e. The fourth-order valence-corrected chi connectivity index (χ4v) is 4.05. The molecule has 0 spiro atoms. The molecule has 2 aromatic rings. The zero-order valence-corrected chi connectivity index (χ0v) is 13.8. The van der Waals surface area contributed by atoms with Crippen molar-refractivity contribution in [1.82, 2.24) is 14.5 Å². The molecule has 24 heavy (non-hydrogen) atoms. The first-order valence-electron chi connectivity index (χ1n) is 8.68. The van der Waals surface area contributed by atoms with Crippen LogP contribution < -0.4 is 4.90 Å². The maximum Gasteiger partial charge on any atom is 0.193 e. The number of hydrogen-bond acceptors (Lipinski definition) is 5. The predicted molar refractivity (Wildman–Crippen MR) is 92.3 cm³/mol. The molecule has 0 aromatic carbocycles. The Morgan fingerprint density at radius 1 is 1.00 bits per heavy atom. The Morgan fingerprint density at radius 3 is 2.58 bits per heavy atom. The summed E-state index contributed by atoms with van der Waals surface area (Å²) in [4.78, 5) is 9.41. The Hall–Kier alpha value is -2.21. The Balaban J connectivity index is 1.38. The highest BCUT2D eigenvalue weighted by molar-refractivity contribution is 5.38. The number of rotatable bonds is 3. The molecule has 6 heteroatoms. The van der Waals surface area contributed by atoms with E-state index in [0.29, 0.717) is 18.5 Å². The lowest BCUT2D eigenvalue weighted by Gasteiger charge is -2.46. The summed E-state index contributed by atoms with van der Waals surface area (Å²) in [5.41, 5.74) is 0. The van der Waals surface area contributed by atoms with Crippen LogP contribution in [-0.4, -0.2) is 56.9 Å². The molecule has 0 saturated carbocycles. The molecule has 4 rings (SSSR count). The molecule has 0 unspecified atom stereocenters. The highest BCUT2D eigenvalue weighted by atomic mass is 16.3. The second-order valence-electron chi connectivity index (χ2n) is 6.89. The molecule has 0 bridgehead atoms. The fraction of sp³-hybridized carbons (Fsp3) is 0.500. The van der Waals surface area contributed by atoms with Gasteiger partial charge in [0.15, 0.2) is 11.8 Å². The molecule has 4 heterocycles. The van der Waals surface area contributed by atoms with Crippen LogP contribution in [0.2, 0.25) is 0 Å². The van der Waals surface area contributed by atoms with Crippen molar-refractivity contribution in [3.8, 4) is 11.8 Å². The predicted octanol–water partition coefficient (Wildman–Crippen LogP) is 1.90. The quantitative estimate of drug-likeness (QED) is 0.901. The first-order valence-corrected chi connectivity index (χ1v) is 8.68. The average Bonchev–Trinajstić information content (AvgIpc) is 2.94. The van der Waals surface area contributed by atoms with Gasteiger partial charge in [-0.3, -0.25) is 9.47 Å². The molecule has 6 nitrogen and oxygen atoms in total. The lowest BCUT2D eigenvalue weighted by molar-refractivity contribution is 0.0866. The summed E-state index contributed by atoms with van der Waals surface area (Å²) in [6, 6.07) is 9.75. The van der Waals surface area contributed by atoms with Gasteiger partial charge in [-0.05, 0) is 30.9 Å². The number of anilines is 1. The molecule has 0 amide bonds. The van der Waals surface area contributed by atoms with Crippen molar-refractivity contribution in [2.75, 3.05) is 31.1 Å². The molecule has 2 saturated heterocycles. The van der Waals surface area contributed by atoms with Gasteiger partial charge in [0.05, 0.1) is 0 Å². The molecular weight excluding hydrogens is 304 g/mol. The molecule has 2 aliphatic rings. The second kappa shape index (κ2) is 6.36. The highest BCUT2D eigenvalue weighted by Crippen LogP contribution is 2.30. The maximum atomic E-state index is 9.83. The summed E-state index contributed by atoms with van der Waals surface area (Å²) < 4.78 is 1.61. The third-order valence-corrected chi connectivity index (χ3v) is 5.35. The summed E-state index contributed by atoms with van der Waals surface area (Å²) >= 11 is 0. The number of piperazine rings is 1. The van der Waals surface area contributed by atoms with E-state index in [-0.39, 0.29) is 11.8 Å². The van der Waals surface area contributed by atoms with E-state index >= 15 is 0 Å². The van der Waals surface area contributed by atoms with Crippen molar-refractivity contribution in [1.29, 1.82) is 0 Å². The molecule has 2 fully saturated rings. The summed E-state index contributed by atoms with van der Waals surface area (Å²) in [6.07, 6.45) is 4.12. The van der Waals surface area contributed by atoms with Crippen LogP contribution in [0, 0.1) is 5.92 Å². The van der Waals surface area contributed by atoms with E-state index in [1.165, 1.54) is 0 Å². The van der Waals surface area contributed by atoms with Crippen molar-refractivity contribution in [3.63, 3.8) is 0 Å². The second-order valence-corrected chi connectivity index (χ2v) is 6.89. The number of aromatic nitrogens is 2. The van der Waals surface area contributed by atoms with E-state index in [4.69, 9.17) is 0 Å². The Kier molecular flexibility index (Phi) is 4.06. The van der Waals surface area contributed by atoms with Crippen molar-refractivity contribution >= 4 is 5.82 Å². The lowest BCUT2D eigenvalue weighted by Crippen LogP contribution is -2.57. The molecule has 128 valence electrons. The number of nitrogens with zero attached hydrogens (tertiary/aromatic N) is 4. The monoisotopic (exact) mass is 328 g/mol. The molecule has 0 radical (unpaired) electrons. The molecule has 2 aliphatic heterocycles. The van der Waals surface area contributed by atoms with Gasteiger partial charge in [0.2, 0.25) is 0 Å². The van der Waals surface area contributed by atoms with Crippen LogP contribution in [0.3, 0.4) is 0 Å². The van der Waals surface area contributed by atoms with Crippen molar-refractivity contribution < 1.29 is 10.2 Å². The van der Waals surface area contributed by atoms with E-state index in [1.54, 1.807) is 16.7 Å². The Morgan fingerprint density at radius 2 is 1.83 bits per heavy atom. The molecule has 2 atom stereocenters. The van der Waals surface area contributed by atoms with Crippen LogP contribution in [0.1, 0.15) is 12.8 Å². The molecule has 0 aliphatic carbocycles. The third kappa shape index (κ3) is 2.94. The van der Waals surface area contributed by atoms with Gasteiger partial charge in [0.1, 0.15) is 5.82 Å². The number of piperidine rings is 1. The molecule has 2 N–H and O–H groups in total. The van der Waals surface area contributed by atoms with Crippen LogP contribution in [0.15, 0.2) is 36.5 Å². The molecule has 2 aromatic heterocycles. The van der Waals surface area contributed by atoms with Crippen molar-refractivity contribution in [2.24, 2.45) is 5.92 Å². The lowest BCUT2D eigenvalue weighted by atomic mass is 9.91. The zero-order valence-electron chi connectivity index (χ0n) is 13.8. The topological polar surface area (TPSA) is 64.8 Å². The van der Waals surface area contributed by atoms with Gasteiger partial charge >= 0.3 is 0 Å². The Labute approximate surface area is 142 Å². The SMILES string of the molecule is Oc1ccc(O)n1C[C@H]1CC[C@H]2CN(c3ccccn3)CCN2C1. The smallest absolute Gasteiger partial charge is 0.193 e. The first kappa shape index (κ1) is 15.3. The Bertz CT molecular complexity index is 668. The minimum atomic E-state index is 0.148. The van der Waals surface area contributed by atoms with Gasteiger partial charge in [-0.1, -0.05) is 6.07 Å². The van der Waals surface area contributed by atoms with Crippen molar-refractivity contribution in [2.45, 2.75) is 25.4 Å².